The number of likely N-dealkylation sites (N-methyl/N-ethyl adjacent to an activating group) is 1. The van der Waals surface area contributed by atoms with Gasteiger partial charge in [-0.1, -0.05) is 54.1 Å². The number of thioether (sulfide) groups is 1. The molecule has 180 valence electrons. The number of hydrogen-bond donors (Lipinski definition) is 0. The predicted octanol–water partition coefficient (Wildman–Crippen LogP) is 6.82. The summed E-state index contributed by atoms with van der Waals surface area (Å²) in [6.07, 6.45) is 1.88. The van der Waals surface area contributed by atoms with E-state index < -0.39 is 0 Å². The standard InChI is InChI=1S/C29H30N2O3S/c1-6-31-28(32)26(35-29(31)30-27-20(3)10-8-11-21(27)4)17-22-13-14-24(25(16-22)33-5)34-18-23-12-7-9-19(2)15-23/h7-17H,6,18H2,1-5H3/b26-17+,30-29?. The van der Waals surface area contributed by atoms with Crippen LogP contribution in [0.5, 0.6) is 11.5 Å². The topological polar surface area (TPSA) is 51.1 Å². The van der Waals surface area contributed by atoms with Gasteiger partial charge in [0.25, 0.3) is 5.91 Å². The van der Waals surface area contributed by atoms with E-state index in [2.05, 4.69) is 19.1 Å². The van der Waals surface area contributed by atoms with Gasteiger partial charge in [-0.3, -0.25) is 9.69 Å². The molecule has 3 aromatic carbocycles. The Morgan fingerprint density at radius 2 is 1.71 bits per heavy atom. The van der Waals surface area contributed by atoms with Gasteiger partial charge in [0.2, 0.25) is 0 Å². The van der Waals surface area contributed by atoms with Gasteiger partial charge in [-0.2, -0.15) is 0 Å². The molecule has 1 amide bonds. The van der Waals surface area contributed by atoms with Crippen LogP contribution in [-0.4, -0.2) is 29.6 Å². The lowest BCUT2D eigenvalue weighted by molar-refractivity contribution is -0.122. The van der Waals surface area contributed by atoms with E-state index in [9.17, 15) is 4.79 Å². The molecule has 4 rings (SSSR count). The number of amidine groups is 1. The fraction of sp³-hybridized carbons (Fsp3) is 0.241. The molecule has 5 nitrogen and oxygen atoms in total. The summed E-state index contributed by atoms with van der Waals surface area (Å²) in [5.41, 5.74) is 6.25. The van der Waals surface area contributed by atoms with Crippen LogP contribution in [0.15, 0.2) is 70.6 Å². The highest BCUT2D eigenvalue weighted by atomic mass is 32.2. The monoisotopic (exact) mass is 486 g/mol. The van der Waals surface area contributed by atoms with Crippen molar-refractivity contribution >= 4 is 34.6 Å². The number of benzene rings is 3. The molecule has 1 saturated heterocycles. The van der Waals surface area contributed by atoms with Crippen LogP contribution in [0.3, 0.4) is 0 Å². The summed E-state index contributed by atoms with van der Waals surface area (Å²) in [5.74, 6) is 1.24. The third kappa shape index (κ3) is 5.60. The molecule has 0 N–H and O–H groups in total. The van der Waals surface area contributed by atoms with Crippen molar-refractivity contribution in [2.75, 3.05) is 13.7 Å². The summed E-state index contributed by atoms with van der Waals surface area (Å²) in [6, 6.07) is 20.0. The highest BCUT2D eigenvalue weighted by Crippen LogP contribution is 2.37. The average molecular weight is 487 g/mol. The molecule has 0 saturated carbocycles. The molecule has 0 atom stereocenters. The second-order valence-electron chi connectivity index (χ2n) is 8.48. The summed E-state index contributed by atoms with van der Waals surface area (Å²) in [4.78, 5) is 20.3. The number of carbonyl (C=O) groups is 1. The molecule has 0 radical (unpaired) electrons. The Kier molecular flexibility index (Phi) is 7.61. The number of rotatable bonds is 7. The number of aliphatic imine (C=N–C) groups is 1. The summed E-state index contributed by atoms with van der Waals surface area (Å²) >= 11 is 1.40. The molecule has 1 aliphatic rings. The van der Waals surface area contributed by atoms with Crippen molar-refractivity contribution in [1.29, 1.82) is 0 Å². The molecule has 1 aliphatic heterocycles. The molecule has 0 unspecified atom stereocenters. The van der Waals surface area contributed by atoms with Gasteiger partial charge in [0, 0.05) is 6.54 Å². The molecular weight excluding hydrogens is 456 g/mol. The lowest BCUT2D eigenvalue weighted by Gasteiger charge is -2.13. The summed E-state index contributed by atoms with van der Waals surface area (Å²) in [7, 11) is 1.62. The van der Waals surface area contributed by atoms with Gasteiger partial charge in [0.15, 0.2) is 16.7 Å². The molecule has 0 bridgehead atoms. The Labute approximate surface area is 211 Å². The minimum absolute atomic E-state index is 0.0405. The maximum atomic E-state index is 13.1. The van der Waals surface area contributed by atoms with Crippen LogP contribution >= 0.6 is 11.8 Å². The summed E-state index contributed by atoms with van der Waals surface area (Å²) < 4.78 is 11.6. The van der Waals surface area contributed by atoms with Crippen molar-refractivity contribution in [1.82, 2.24) is 4.90 Å². The van der Waals surface area contributed by atoms with Crippen LogP contribution in [0.4, 0.5) is 5.69 Å². The molecule has 35 heavy (non-hydrogen) atoms. The molecule has 0 aromatic heterocycles. The van der Waals surface area contributed by atoms with E-state index in [-0.39, 0.29) is 5.91 Å². The summed E-state index contributed by atoms with van der Waals surface area (Å²) in [6.45, 7) is 9.11. The molecule has 6 heteroatoms. The van der Waals surface area contributed by atoms with E-state index in [0.717, 1.165) is 27.9 Å². The number of amides is 1. The molecule has 3 aromatic rings. The van der Waals surface area contributed by atoms with Crippen LogP contribution < -0.4 is 9.47 Å². The minimum Gasteiger partial charge on any atom is -0.493 e. The van der Waals surface area contributed by atoms with Crippen molar-refractivity contribution in [3.8, 4) is 11.5 Å². The average Bonchev–Trinajstić information content (AvgIpc) is 3.14. The van der Waals surface area contributed by atoms with E-state index >= 15 is 0 Å². The van der Waals surface area contributed by atoms with Gasteiger partial charge in [0.05, 0.1) is 17.7 Å². The first kappa shape index (κ1) is 24.6. The van der Waals surface area contributed by atoms with E-state index in [4.69, 9.17) is 14.5 Å². The number of nitrogens with zero attached hydrogens (tertiary/aromatic N) is 2. The van der Waals surface area contributed by atoms with E-state index in [0.29, 0.717) is 34.7 Å². The number of aryl methyl sites for hydroxylation is 3. The van der Waals surface area contributed by atoms with Gasteiger partial charge in [0.1, 0.15) is 6.61 Å². The van der Waals surface area contributed by atoms with Crippen LogP contribution in [0.2, 0.25) is 0 Å². The Bertz CT molecular complexity index is 1290. The first-order chi connectivity index (χ1) is 16.9. The van der Waals surface area contributed by atoms with Gasteiger partial charge < -0.3 is 9.47 Å². The van der Waals surface area contributed by atoms with Gasteiger partial charge in [-0.05, 0) is 79.9 Å². The van der Waals surface area contributed by atoms with Gasteiger partial charge >= 0.3 is 0 Å². The third-order valence-corrected chi connectivity index (χ3v) is 6.82. The smallest absolute Gasteiger partial charge is 0.266 e. The zero-order chi connectivity index (χ0) is 24.9. The molecule has 0 spiro atoms. The zero-order valence-electron chi connectivity index (χ0n) is 20.8. The third-order valence-electron chi connectivity index (χ3n) is 5.81. The molecule has 0 aliphatic carbocycles. The Hall–Kier alpha value is -3.51. The number of para-hydroxylation sites is 1. The van der Waals surface area contributed by atoms with Crippen molar-refractivity contribution in [3.05, 3.63) is 93.4 Å². The van der Waals surface area contributed by atoms with Crippen molar-refractivity contribution in [2.24, 2.45) is 4.99 Å². The van der Waals surface area contributed by atoms with E-state index in [1.165, 1.54) is 17.3 Å². The maximum Gasteiger partial charge on any atom is 0.266 e. The lowest BCUT2D eigenvalue weighted by Crippen LogP contribution is -2.28. The number of hydrogen-bond acceptors (Lipinski definition) is 5. The SMILES string of the molecule is CCN1C(=O)/C(=C\c2ccc(OCc3cccc(C)c3)c(OC)c2)SC1=Nc1c(C)cccc1C. The second kappa shape index (κ2) is 10.8. The highest BCUT2D eigenvalue weighted by Gasteiger charge is 2.32. The zero-order valence-corrected chi connectivity index (χ0v) is 21.6. The largest absolute Gasteiger partial charge is 0.493 e. The van der Waals surface area contributed by atoms with Crippen molar-refractivity contribution in [3.63, 3.8) is 0 Å². The molecule has 1 heterocycles. The second-order valence-corrected chi connectivity index (χ2v) is 9.49. The predicted molar refractivity (Wildman–Crippen MR) is 144 cm³/mol. The fourth-order valence-corrected chi connectivity index (χ4v) is 5.00. The highest BCUT2D eigenvalue weighted by molar-refractivity contribution is 8.18. The first-order valence-corrected chi connectivity index (χ1v) is 12.4. The number of carbonyl (C=O) groups excluding carboxylic acids is 1. The Morgan fingerprint density at radius 3 is 2.40 bits per heavy atom. The maximum absolute atomic E-state index is 13.1. The number of ether oxygens (including phenoxy) is 2. The van der Waals surface area contributed by atoms with E-state index in [1.54, 1.807) is 12.0 Å². The Morgan fingerprint density at radius 1 is 0.971 bits per heavy atom. The summed E-state index contributed by atoms with van der Waals surface area (Å²) in [5, 5.41) is 0.700. The Balaban J connectivity index is 1.57. The van der Waals surface area contributed by atoms with Crippen LogP contribution in [0.1, 0.15) is 34.7 Å². The molecule has 1 fully saturated rings. The van der Waals surface area contributed by atoms with Crippen LogP contribution in [0, 0.1) is 20.8 Å². The van der Waals surface area contributed by atoms with Crippen molar-refractivity contribution < 1.29 is 14.3 Å². The number of methoxy groups -OCH3 is 1. The van der Waals surface area contributed by atoms with Gasteiger partial charge in [-0.15, -0.1) is 0 Å². The normalized spacial score (nSPS) is 15.8. The lowest BCUT2D eigenvalue weighted by atomic mass is 10.1. The van der Waals surface area contributed by atoms with Gasteiger partial charge in [-0.25, -0.2) is 4.99 Å². The first-order valence-electron chi connectivity index (χ1n) is 11.6. The quantitative estimate of drug-likeness (QED) is 0.344. The van der Waals surface area contributed by atoms with E-state index in [1.807, 2.05) is 75.4 Å². The molecular formula is C29H30N2O3S. The fourth-order valence-electron chi connectivity index (χ4n) is 3.96. The van der Waals surface area contributed by atoms with Crippen LogP contribution in [0.25, 0.3) is 6.08 Å². The minimum atomic E-state index is -0.0405. The van der Waals surface area contributed by atoms with Crippen LogP contribution in [-0.2, 0) is 11.4 Å². The van der Waals surface area contributed by atoms with Crippen molar-refractivity contribution in [2.45, 2.75) is 34.3 Å².